The van der Waals surface area contributed by atoms with Crippen molar-refractivity contribution in [2.45, 2.75) is 33.1 Å². The van der Waals surface area contributed by atoms with Crippen molar-refractivity contribution in [3.05, 3.63) is 34.4 Å². The van der Waals surface area contributed by atoms with Crippen LogP contribution in [0.1, 0.15) is 43.5 Å². The van der Waals surface area contributed by atoms with Crippen LogP contribution < -0.4 is 0 Å². The number of halogens is 1. The molecule has 1 atom stereocenters. The molecule has 1 aliphatic rings. The maximum absolute atomic E-state index is 12.8. The van der Waals surface area contributed by atoms with Crippen LogP contribution in [0, 0.1) is 11.3 Å². The van der Waals surface area contributed by atoms with E-state index in [2.05, 4.69) is 34.8 Å². The molecule has 1 N–H and O–H groups in total. The van der Waals surface area contributed by atoms with Gasteiger partial charge in [0.25, 0.3) is 0 Å². The third-order valence-corrected chi connectivity index (χ3v) is 4.98. The van der Waals surface area contributed by atoms with Gasteiger partial charge in [-0.25, -0.2) is 0 Å². The lowest BCUT2D eigenvalue weighted by Crippen LogP contribution is -2.25. The molecule has 1 unspecified atom stereocenters. The quantitative estimate of drug-likeness (QED) is 0.781. The predicted octanol–water partition coefficient (Wildman–Crippen LogP) is 4.94. The largest absolute Gasteiger partial charge is 0.360 e. The molecule has 1 aromatic heterocycles. The predicted molar refractivity (Wildman–Crippen MR) is 81.5 cm³/mol. The van der Waals surface area contributed by atoms with E-state index >= 15 is 0 Å². The Morgan fingerprint density at radius 1 is 1.42 bits per heavy atom. The van der Waals surface area contributed by atoms with E-state index in [9.17, 15) is 4.79 Å². The highest BCUT2D eigenvalue weighted by molar-refractivity contribution is 9.10. The molecule has 0 amide bonds. The van der Waals surface area contributed by atoms with Gasteiger partial charge in [0.05, 0.1) is 0 Å². The van der Waals surface area contributed by atoms with E-state index in [-0.39, 0.29) is 11.3 Å². The molecule has 3 rings (SSSR count). The summed E-state index contributed by atoms with van der Waals surface area (Å²) < 4.78 is 1.01. The van der Waals surface area contributed by atoms with Gasteiger partial charge < -0.3 is 4.98 Å². The number of rotatable bonds is 2. The van der Waals surface area contributed by atoms with E-state index in [1.54, 1.807) is 0 Å². The number of aromatic amines is 1. The Bertz CT molecular complexity index is 641. The van der Waals surface area contributed by atoms with Crippen LogP contribution in [0.5, 0.6) is 0 Å². The number of H-pyrrole nitrogens is 1. The van der Waals surface area contributed by atoms with Crippen molar-refractivity contribution < 1.29 is 4.79 Å². The zero-order valence-corrected chi connectivity index (χ0v) is 12.9. The van der Waals surface area contributed by atoms with Crippen molar-refractivity contribution in [3.63, 3.8) is 0 Å². The number of aromatic nitrogens is 1. The van der Waals surface area contributed by atoms with E-state index in [1.807, 2.05) is 24.4 Å². The van der Waals surface area contributed by atoms with Gasteiger partial charge in [-0.1, -0.05) is 36.2 Å². The fraction of sp³-hybridized carbons (Fsp3) is 0.438. The van der Waals surface area contributed by atoms with Crippen LogP contribution in [0.2, 0.25) is 0 Å². The zero-order valence-electron chi connectivity index (χ0n) is 11.3. The molecule has 1 heterocycles. The van der Waals surface area contributed by atoms with E-state index in [0.29, 0.717) is 5.78 Å². The smallest absolute Gasteiger partial charge is 0.168 e. The van der Waals surface area contributed by atoms with Gasteiger partial charge in [-0.05, 0) is 36.5 Å². The molecular formula is C16H18BrNO. The number of nitrogens with one attached hydrogen (secondary N) is 1. The highest BCUT2D eigenvalue weighted by Crippen LogP contribution is 2.44. The second kappa shape index (κ2) is 4.48. The van der Waals surface area contributed by atoms with E-state index in [0.717, 1.165) is 40.2 Å². The summed E-state index contributed by atoms with van der Waals surface area (Å²) in [4.78, 5) is 16.0. The molecule has 1 aromatic carbocycles. The normalized spacial score (nSPS) is 21.9. The topological polar surface area (TPSA) is 32.9 Å². The van der Waals surface area contributed by atoms with Crippen molar-refractivity contribution in [2.75, 3.05) is 0 Å². The van der Waals surface area contributed by atoms with E-state index < -0.39 is 0 Å². The Kier molecular flexibility index (Phi) is 3.05. The first kappa shape index (κ1) is 12.9. The highest BCUT2D eigenvalue weighted by Gasteiger charge is 2.40. The Morgan fingerprint density at radius 3 is 2.89 bits per heavy atom. The van der Waals surface area contributed by atoms with Crippen LogP contribution in [-0.2, 0) is 0 Å². The molecule has 0 bridgehead atoms. The van der Waals surface area contributed by atoms with Crippen LogP contribution in [0.4, 0.5) is 0 Å². The second-order valence-corrected chi connectivity index (χ2v) is 7.11. The first-order chi connectivity index (χ1) is 8.99. The first-order valence-corrected chi connectivity index (χ1v) is 7.59. The fourth-order valence-corrected chi connectivity index (χ4v) is 3.66. The maximum atomic E-state index is 12.8. The summed E-state index contributed by atoms with van der Waals surface area (Å²) in [5.41, 5.74) is 2.01. The van der Waals surface area contributed by atoms with Crippen LogP contribution in [0.3, 0.4) is 0 Å². The number of benzene rings is 1. The Labute approximate surface area is 121 Å². The Morgan fingerprint density at radius 2 is 2.21 bits per heavy atom. The number of fused-ring (bicyclic) bond motifs is 1. The minimum absolute atomic E-state index is 0.132. The van der Waals surface area contributed by atoms with Gasteiger partial charge in [0.1, 0.15) is 0 Å². The summed E-state index contributed by atoms with van der Waals surface area (Å²) in [6.45, 7) is 4.43. The van der Waals surface area contributed by atoms with Crippen LogP contribution in [0.15, 0.2) is 28.9 Å². The maximum Gasteiger partial charge on any atom is 0.168 e. The SMILES string of the molecule is CC1(C)CCCC1C(=O)c1c[nH]c2ccc(Br)cc12. The fourth-order valence-electron chi connectivity index (χ4n) is 3.30. The van der Waals surface area contributed by atoms with Gasteiger partial charge in [-0.2, -0.15) is 0 Å². The van der Waals surface area contributed by atoms with Crippen molar-refractivity contribution in [1.29, 1.82) is 0 Å². The third kappa shape index (κ3) is 2.14. The molecule has 1 fully saturated rings. The average Bonchev–Trinajstić information content (AvgIpc) is 2.91. The zero-order chi connectivity index (χ0) is 13.6. The molecular weight excluding hydrogens is 302 g/mol. The molecule has 0 radical (unpaired) electrons. The highest BCUT2D eigenvalue weighted by atomic mass is 79.9. The number of Topliss-reactive ketones (excluding diaryl/α,β-unsaturated/α-hetero) is 1. The number of carbonyl (C=O) groups excluding carboxylic acids is 1. The van der Waals surface area contributed by atoms with Crippen molar-refractivity contribution in [1.82, 2.24) is 4.98 Å². The third-order valence-electron chi connectivity index (χ3n) is 4.48. The molecule has 3 heteroatoms. The Balaban J connectivity index is 2.05. The summed E-state index contributed by atoms with van der Waals surface area (Å²) in [5, 5.41) is 1.03. The van der Waals surface area contributed by atoms with E-state index in [1.165, 1.54) is 0 Å². The van der Waals surface area contributed by atoms with Crippen molar-refractivity contribution in [2.24, 2.45) is 11.3 Å². The minimum Gasteiger partial charge on any atom is -0.360 e. The number of hydrogen-bond donors (Lipinski definition) is 1. The molecule has 0 spiro atoms. The lowest BCUT2D eigenvalue weighted by atomic mass is 9.78. The van der Waals surface area contributed by atoms with Gasteiger partial charge in [0.2, 0.25) is 0 Å². The van der Waals surface area contributed by atoms with Crippen LogP contribution in [0.25, 0.3) is 10.9 Å². The van der Waals surface area contributed by atoms with Gasteiger partial charge >= 0.3 is 0 Å². The van der Waals surface area contributed by atoms with Gasteiger partial charge in [-0.3, -0.25) is 4.79 Å². The van der Waals surface area contributed by atoms with E-state index in [4.69, 9.17) is 0 Å². The monoisotopic (exact) mass is 319 g/mol. The molecule has 19 heavy (non-hydrogen) atoms. The van der Waals surface area contributed by atoms with Crippen molar-refractivity contribution in [3.8, 4) is 0 Å². The standard InChI is InChI=1S/C16H18BrNO/c1-16(2)7-3-4-13(16)15(19)12-9-18-14-6-5-10(17)8-11(12)14/h5-6,8-9,13,18H,3-4,7H2,1-2H3. The molecule has 100 valence electrons. The summed E-state index contributed by atoms with van der Waals surface area (Å²) in [6.07, 6.45) is 5.20. The van der Waals surface area contributed by atoms with Gasteiger partial charge in [0, 0.05) is 33.1 Å². The number of hydrogen-bond acceptors (Lipinski definition) is 1. The molecule has 1 saturated carbocycles. The Hall–Kier alpha value is -1.09. The summed E-state index contributed by atoms with van der Waals surface area (Å²) in [7, 11) is 0. The molecule has 1 aliphatic carbocycles. The lowest BCUT2D eigenvalue weighted by Gasteiger charge is -2.25. The molecule has 2 nitrogen and oxygen atoms in total. The molecule has 0 aliphatic heterocycles. The van der Waals surface area contributed by atoms with Crippen LogP contribution in [-0.4, -0.2) is 10.8 Å². The van der Waals surface area contributed by atoms with Gasteiger partial charge in [-0.15, -0.1) is 0 Å². The van der Waals surface area contributed by atoms with Crippen molar-refractivity contribution >= 4 is 32.6 Å². The summed E-state index contributed by atoms with van der Waals surface area (Å²) >= 11 is 3.48. The molecule has 2 aromatic rings. The van der Waals surface area contributed by atoms with Crippen LogP contribution >= 0.6 is 15.9 Å². The summed E-state index contributed by atoms with van der Waals surface area (Å²) in [6, 6.07) is 6.03. The lowest BCUT2D eigenvalue weighted by molar-refractivity contribution is 0.0841. The van der Waals surface area contributed by atoms with Gasteiger partial charge in [0.15, 0.2) is 5.78 Å². The first-order valence-electron chi connectivity index (χ1n) is 6.80. The second-order valence-electron chi connectivity index (χ2n) is 6.19. The minimum atomic E-state index is 0.132. The summed E-state index contributed by atoms with van der Waals surface area (Å²) in [5.74, 6) is 0.456. The number of ketones is 1. The number of carbonyl (C=O) groups is 1. The molecule has 0 saturated heterocycles. The average molecular weight is 320 g/mol.